The Kier molecular flexibility index (Phi) is 41.5. The molecule has 0 bridgehead atoms. The van der Waals surface area contributed by atoms with Crippen LogP contribution < -0.4 is 0 Å². The maximum absolute atomic E-state index is 12.9. The minimum atomic E-state index is -0.923. The van der Waals surface area contributed by atoms with Crippen molar-refractivity contribution >= 4 is 46.1 Å². The third-order valence-electron chi connectivity index (χ3n) is 11.4. The van der Waals surface area contributed by atoms with Crippen molar-refractivity contribution in [3.8, 4) is 6.07 Å². The molecule has 352 valence electrons. The summed E-state index contributed by atoms with van der Waals surface area (Å²) in [5.41, 5.74) is 0.856. The number of hydrogen-bond donors (Lipinski definition) is 0. The van der Waals surface area contributed by atoms with Gasteiger partial charge in [0.15, 0.2) is 6.10 Å². The van der Waals surface area contributed by atoms with E-state index < -0.39 is 16.8 Å². The Morgan fingerprint density at radius 2 is 0.918 bits per heavy atom. The van der Waals surface area contributed by atoms with Gasteiger partial charge in [-0.05, 0) is 45.6 Å². The van der Waals surface area contributed by atoms with E-state index in [1.165, 1.54) is 166 Å². The third kappa shape index (κ3) is 38.0. The van der Waals surface area contributed by atoms with Crippen LogP contribution in [0.15, 0.2) is 23.8 Å². The predicted octanol–water partition coefficient (Wildman–Crippen LogP) is 16.2. The third-order valence-corrected chi connectivity index (χ3v) is 13.0. The van der Waals surface area contributed by atoms with Crippen LogP contribution in [0.3, 0.4) is 0 Å². The van der Waals surface area contributed by atoms with Crippen molar-refractivity contribution in [1.82, 2.24) is 0 Å². The van der Waals surface area contributed by atoms with Crippen molar-refractivity contribution in [2.75, 3.05) is 13.2 Å². The SMILES string of the molecule is C/C=C\C(=C/C)C(=S)SC(C)(C#N)CCC(=O)OCC(COC(=O)CCCCCCCCCCCCCCCCC)OC(=O)CCCCCCCCCCCCCCCCC. The number of allylic oxidation sites excluding steroid dienone is 3. The lowest BCUT2D eigenvalue weighted by Crippen LogP contribution is -2.31. The first-order valence-electron chi connectivity index (χ1n) is 25.1. The Morgan fingerprint density at radius 1 is 0.574 bits per heavy atom. The average Bonchev–Trinajstić information content (AvgIpc) is 3.25. The van der Waals surface area contributed by atoms with Crippen LogP contribution in [0.5, 0.6) is 0 Å². The summed E-state index contributed by atoms with van der Waals surface area (Å²) in [6.07, 6.45) is 43.2. The second kappa shape index (κ2) is 43.1. The van der Waals surface area contributed by atoms with Crippen LogP contribution in [0.1, 0.15) is 253 Å². The number of nitrogens with zero attached hydrogens (tertiary/aromatic N) is 1. The average molecular weight is 890 g/mol. The summed E-state index contributed by atoms with van der Waals surface area (Å²) < 4.78 is 16.4. The van der Waals surface area contributed by atoms with E-state index >= 15 is 0 Å². The molecule has 0 amide bonds. The Balaban J connectivity index is 4.67. The molecule has 7 nitrogen and oxygen atoms in total. The molecule has 0 radical (unpaired) electrons. The molecule has 0 heterocycles. The van der Waals surface area contributed by atoms with Crippen molar-refractivity contribution in [3.63, 3.8) is 0 Å². The van der Waals surface area contributed by atoms with Crippen molar-refractivity contribution in [2.24, 2.45) is 0 Å². The number of esters is 3. The Morgan fingerprint density at radius 3 is 1.26 bits per heavy atom. The minimum Gasteiger partial charge on any atom is -0.462 e. The fraction of sp³-hybridized carbons (Fsp3) is 0.827. The Bertz CT molecular complexity index is 1210. The van der Waals surface area contributed by atoms with E-state index in [9.17, 15) is 19.6 Å². The highest BCUT2D eigenvalue weighted by molar-refractivity contribution is 8.24. The predicted molar refractivity (Wildman–Crippen MR) is 263 cm³/mol. The number of thiocarbonyl (C=S) groups is 1. The van der Waals surface area contributed by atoms with Gasteiger partial charge < -0.3 is 14.2 Å². The number of thioether (sulfide) groups is 1. The standard InChI is InChI=1S/C52H91NO6S2/c1-6-10-12-14-16-18-20-22-24-26-28-30-32-34-36-39-48(54)57-43-47(44-58-49(55)41-42-52(5,45-53)61-51(60)46(9-4)38-8-3)59-50(56)40-37-35-33-31-29-27-25-23-21-19-17-15-13-11-7-2/h8-9,38,47H,6-7,10-37,39-44H2,1-5H3/b38-8-,46-9+. The van der Waals surface area contributed by atoms with Crippen molar-refractivity contribution in [2.45, 2.75) is 264 Å². The number of hydrogen-bond acceptors (Lipinski definition) is 9. The van der Waals surface area contributed by atoms with E-state index in [1.807, 2.05) is 32.1 Å². The number of unbranched alkanes of at least 4 members (excludes halogenated alkanes) is 28. The molecule has 0 saturated carbocycles. The lowest BCUT2D eigenvalue weighted by molar-refractivity contribution is -0.167. The lowest BCUT2D eigenvalue weighted by atomic mass is 10.0. The molecule has 0 N–H and O–H groups in total. The first kappa shape index (κ1) is 58.8. The molecule has 0 aliphatic carbocycles. The largest absolute Gasteiger partial charge is 0.462 e. The molecule has 0 saturated heterocycles. The van der Waals surface area contributed by atoms with Gasteiger partial charge in [0.05, 0.1) is 10.3 Å². The molecule has 0 rings (SSSR count). The van der Waals surface area contributed by atoms with Crippen LogP contribution in [0.4, 0.5) is 0 Å². The van der Waals surface area contributed by atoms with E-state index in [0.717, 1.165) is 44.1 Å². The smallest absolute Gasteiger partial charge is 0.306 e. The molecule has 0 spiro atoms. The van der Waals surface area contributed by atoms with Crippen molar-refractivity contribution < 1.29 is 28.6 Å². The molecule has 61 heavy (non-hydrogen) atoms. The van der Waals surface area contributed by atoms with E-state index in [1.54, 1.807) is 6.92 Å². The van der Waals surface area contributed by atoms with Gasteiger partial charge in [0.2, 0.25) is 0 Å². The van der Waals surface area contributed by atoms with Crippen LogP contribution in [-0.2, 0) is 28.6 Å². The lowest BCUT2D eigenvalue weighted by Gasteiger charge is -2.22. The highest BCUT2D eigenvalue weighted by Gasteiger charge is 2.29. The van der Waals surface area contributed by atoms with Gasteiger partial charge in [-0.15, -0.1) is 0 Å². The topological polar surface area (TPSA) is 103 Å². The summed E-state index contributed by atoms with van der Waals surface area (Å²) in [5, 5.41) is 9.93. The second-order valence-corrected chi connectivity index (χ2v) is 19.5. The number of rotatable bonds is 43. The minimum absolute atomic E-state index is 0.00671. The Labute approximate surface area is 385 Å². The molecule has 0 aromatic heterocycles. The number of carbonyl (C=O) groups is 3. The molecule has 0 aliphatic rings. The van der Waals surface area contributed by atoms with Gasteiger partial charge in [-0.3, -0.25) is 14.4 Å². The molecule has 0 aliphatic heterocycles. The van der Waals surface area contributed by atoms with Gasteiger partial charge in [0, 0.05) is 19.3 Å². The Hall–Kier alpha value is -2.18. The normalized spacial score (nSPS) is 13.1. The van der Waals surface area contributed by atoms with Crippen LogP contribution in [-0.4, -0.2) is 46.2 Å². The summed E-state index contributed by atoms with van der Waals surface area (Å²) in [6.45, 7) is 9.72. The first-order chi connectivity index (χ1) is 29.6. The summed E-state index contributed by atoms with van der Waals surface area (Å²) in [6, 6.07) is 2.30. The molecular formula is C52H91NO6S2. The summed E-state index contributed by atoms with van der Waals surface area (Å²) in [7, 11) is 0. The summed E-state index contributed by atoms with van der Waals surface area (Å²) >= 11 is 6.83. The maximum atomic E-state index is 12.9. The molecule has 9 heteroatoms. The van der Waals surface area contributed by atoms with Gasteiger partial charge >= 0.3 is 17.9 Å². The van der Waals surface area contributed by atoms with Gasteiger partial charge in [0.1, 0.15) is 18.0 Å². The van der Waals surface area contributed by atoms with Crippen LogP contribution >= 0.6 is 24.0 Å². The van der Waals surface area contributed by atoms with Gasteiger partial charge in [-0.1, -0.05) is 236 Å². The quantitative estimate of drug-likeness (QED) is 0.0148. The fourth-order valence-electron chi connectivity index (χ4n) is 7.35. The summed E-state index contributed by atoms with van der Waals surface area (Å²) in [5.74, 6) is -1.22. The maximum Gasteiger partial charge on any atom is 0.306 e. The van der Waals surface area contributed by atoms with E-state index in [2.05, 4.69) is 19.9 Å². The fourth-order valence-corrected chi connectivity index (χ4v) is 9.05. The van der Waals surface area contributed by atoms with Gasteiger partial charge in [0.25, 0.3) is 0 Å². The highest BCUT2D eigenvalue weighted by Crippen LogP contribution is 2.33. The van der Waals surface area contributed by atoms with Crippen LogP contribution in [0.25, 0.3) is 0 Å². The van der Waals surface area contributed by atoms with Gasteiger partial charge in [-0.25, -0.2) is 0 Å². The van der Waals surface area contributed by atoms with Crippen molar-refractivity contribution in [3.05, 3.63) is 23.8 Å². The molecule has 2 unspecified atom stereocenters. The number of nitriles is 1. The zero-order valence-corrected chi connectivity index (χ0v) is 41.6. The van der Waals surface area contributed by atoms with Crippen molar-refractivity contribution in [1.29, 1.82) is 5.26 Å². The van der Waals surface area contributed by atoms with E-state index in [4.69, 9.17) is 26.4 Å². The number of ether oxygens (including phenoxy) is 3. The summed E-state index contributed by atoms with van der Waals surface area (Å²) in [4.78, 5) is 38.4. The molecule has 2 atom stereocenters. The van der Waals surface area contributed by atoms with Crippen LogP contribution in [0.2, 0.25) is 0 Å². The number of carbonyl (C=O) groups excluding carboxylic acids is 3. The molecular weight excluding hydrogens is 799 g/mol. The zero-order chi connectivity index (χ0) is 45.1. The van der Waals surface area contributed by atoms with E-state index in [0.29, 0.717) is 10.6 Å². The van der Waals surface area contributed by atoms with Crippen LogP contribution in [0, 0.1) is 11.3 Å². The first-order valence-corrected chi connectivity index (χ1v) is 26.3. The highest BCUT2D eigenvalue weighted by atomic mass is 32.2. The molecule has 0 fully saturated rings. The second-order valence-electron chi connectivity index (χ2n) is 17.4. The monoisotopic (exact) mass is 890 g/mol. The van der Waals surface area contributed by atoms with Gasteiger partial charge in [-0.2, -0.15) is 5.26 Å². The molecule has 0 aromatic rings. The van der Waals surface area contributed by atoms with E-state index in [-0.39, 0.29) is 44.4 Å². The molecule has 0 aromatic carbocycles. The zero-order valence-electron chi connectivity index (χ0n) is 40.0.